The Labute approximate surface area is 715 Å². The summed E-state index contributed by atoms with van der Waals surface area (Å²) >= 11 is 0. The van der Waals surface area contributed by atoms with E-state index < -0.39 is 82.9 Å². The predicted molar refractivity (Wildman–Crippen MR) is 509 cm³/mol. The highest BCUT2D eigenvalue weighted by atomic mass is 15.2. The van der Waals surface area contributed by atoms with Crippen molar-refractivity contribution >= 4 is 101 Å². The monoisotopic (exact) mass is 1540 g/mol. The first-order valence-electron chi connectivity index (χ1n) is 47.8. The number of nitrogens with zero attached hydrogens (tertiary/aromatic N) is 4. The summed E-state index contributed by atoms with van der Waals surface area (Å²) in [6, 6.07) is 91.5. The van der Waals surface area contributed by atoms with Crippen LogP contribution in [0.1, 0.15) is 201 Å². The summed E-state index contributed by atoms with van der Waals surface area (Å²) in [5.74, 6) is 0. The maximum Gasteiger partial charge on any atom is 0.252 e. The second-order valence-corrected chi connectivity index (χ2v) is 39.9. The molecule has 0 bridgehead atoms. The Morgan fingerprint density at radius 2 is 0.521 bits per heavy atom. The van der Waals surface area contributed by atoms with Gasteiger partial charge in [0.05, 0.1) is 33.4 Å². The van der Waals surface area contributed by atoms with Crippen molar-refractivity contribution in [3.8, 4) is 55.9 Å². The zero-order valence-corrected chi connectivity index (χ0v) is 72.3. The third-order valence-corrected chi connectivity index (χ3v) is 22.1. The molecule has 2 aromatic heterocycles. The standard InChI is InChI=1S/C112H119BN4/c1-106(2,3)66-72-34-30-38-78(54-72)89-58-76(70-110(13,14)15)59-90(79-39-31-35-73(55-79)67-107(4,5)6)104(89)116-99-64-83(114-95-46-26-22-42-85(95)86-43-23-27-47-96(86)114)50-52-93(99)113-94-53-51-84(115-97-48-28-24-44-87(97)88-45-25-29-49-98(88)115)65-100(94)117(102-63-82(112(19,20)21)62-101(116)103(102)113)105-91(80-40-32-36-74(56-80)68-108(7,8)9)60-77(71-111(16,17)18)61-92(105)81-41-33-37-75(57-81)69-109(10,11)12/h22-65H,66-71H2,1-21H3/i66D2,67D2,68D2,69D2,70D2,71D2. The van der Waals surface area contributed by atoms with Gasteiger partial charge in [-0.3, -0.25) is 0 Å². The molecule has 0 unspecified atom stereocenters. The molecule has 4 nitrogen and oxygen atoms in total. The molecule has 0 saturated heterocycles. The molecule has 13 aromatic carbocycles. The fraction of sp³-hybridized carbons (Fsp3) is 0.304. The molecule has 590 valence electrons. The second-order valence-electron chi connectivity index (χ2n) is 39.9. The summed E-state index contributed by atoms with van der Waals surface area (Å²) in [6.45, 7) is 40.5. The van der Waals surface area contributed by atoms with Gasteiger partial charge in [-0.25, -0.2) is 0 Å². The molecule has 0 aliphatic carbocycles. The van der Waals surface area contributed by atoms with E-state index in [4.69, 9.17) is 0 Å². The molecular weight excluding hydrogens is 1410 g/mol. The highest BCUT2D eigenvalue weighted by Gasteiger charge is 2.47. The summed E-state index contributed by atoms with van der Waals surface area (Å²) in [7, 11) is 0. The second kappa shape index (κ2) is 29.0. The van der Waals surface area contributed by atoms with Crippen molar-refractivity contribution in [3.05, 3.63) is 306 Å². The average Bonchev–Trinajstić information content (AvgIpc) is 0.863. The summed E-state index contributed by atoms with van der Waals surface area (Å²) < 4.78 is 128. The topological polar surface area (TPSA) is 16.3 Å². The van der Waals surface area contributed by atoms with E-state index in [9.17, 15) is 16.4 Å². The van der Waals surface area contributed by atoms with Gasteiger partial charge in [-0.05, 0) is 239 Å². The minimum absolute atomic E-state index is 0.370. The van der Waals surface area contributed by atoms with Gasteiger partial charge >= 0.3 is 0 Å². The van der Waals surface area contributed by atoms with Gasteiger partial charge in [0.15, 0.2) is 0 Å². The quantitative estimate of drug-likeness (QED) is 0.101. The molecule has 0 radical (unpaired) electrons. The highest BCUT2D eigenvalue weighted by Crippen LogP contribution is 2.56. The first-order chi connectivity index (χ1) is 60.0. The van der Waals surface area contributed by atoms with Gasteiger partial charge in [0, 0.05) is 94.4 Å². The minimum atomic E-state index is -2.05. The lowest BCUT2D eigenvalue weighted by atomic mass is 9.33. The number of rotatable bonds is 14. The van der Waals surface area contributed by atoms with Crippen molar-refractivity contribution in [2.24, 2.45) is 32.5 Å². The van der Waals surface area contributed by atoms with E-state index in [1.807, 2.05) is 246 Å². The average molecular weight is 1540 g/mol. The Hall–Kier alpha value is -10.9. The number of benzene rings is 13. The molecule has 4 heterocycles. The molecule has 2 aliphatic rings. The molecule has 5 heteroatoms. The first-order valence-corrected chi connectivity index (χ1v) is 41.8. The Morgan fingerprint density at radius 1 is 0.256 bits per heavy atom. The van der Waals surface area contributed by atoms with Crippen LogP contribution in [0.25, 0.3) is 99.5 Å². The van der Waals surface area contributed by atoms with Crippen molar-refractivity contribution < 1.29 is 16.4 Å². The fourth-order valence-electron chi connectivity index (χ4n) is 18.0. The molecule has 2 aliphatic heterocycles. The zero-order chi connectivity index (χ0) is 93.1. The van der Waals surface area contributed by atoms with Crippen molar-refractivity contribution in [2.75, 3.05) is 9.80 Å². The first kappa shape index (κ1) is 65.2. The molecule has 0 N–H and O–H groups in total. The van der Waals surface area contributed by atoms with Crippen LogP contribution >= 0.6 is 0 Å². The van der Waals surface area contributed by atoms with Crippen LogP contribution in [-0.2, 0) is 43.7 Å². The summed E-state index contributed by atoms with van der Waals surface area (Å²) in [5, 5.41) is 4.30. The number of aromatic nitrogens is 2. The molecular formula is C112H119BN4. The largest absolute Gasteiger partial charge is 0.310 e. The Bertz CT molecular complexity index is 6340. The van der Waals surface area contributed by atoms with Crippen LogP contribution in [-0.4, -0.2) is 15.8 Å². The lowest BCUT2D eigenvalue weighted by Crippen LogP contribution is -2.61. The minimum Gasteiger partial charge on any atom is -0.310 e. The van der Waals surface area contributed by atoms with Crippen molar-refractivity contribution in [3.63, 3.8) is 0 Å². The van der Waals surface area contributed by atoms with E-state index in [1.165, 1.54) is 0 Å². The van der Waals surface area contributed by atoms with Crippen molar-refractivity contribution in [1.29, 1.82) is 0 Å². The van der Waals surface area contributed by atoms with Gasteiger partial charge in [0.1, 0.15) is 0 Å². The number of hydrogen-bond acceptors (Lipinski definition) is 2. The van der Waals surface area contributed by atoms with Crippen LogP contribution in [0, 0.1) is 32.5 Å². The molecule has 0 atom stereocenters. The third-order valence-electron chi connectivity index (χ3n) is 22.1. The molecule has 15 aromatic rings. The van der Waals surface area contributed by atoms with E-state index >= 15 is 0 Å². The molecule has 0 amide bonds. The summed E-state index contributed by atoms with van der Waals surface area (Å²) in [5.41, 5.74) is 14.7. The van der Waals surface area contributed by atoms with Crippen molar-refractivity contribution in [1.82, 2.24) is 9.13 Å². The SMILES string of the molecule is [2H]C([2H])(c1cccc(-c2cc(C([2H])([2H])C(C)(C)C)cc(-c3cccc(C([2H])([2H])C(C)(C)C)c3)c2N2c3cc(-n4c5ccccc5c5ccccc54)ccc3B3c4ccc(-n5c6ccccc6c6ccccc65)cc4N(c4c(-c5cccc(C([2H])([2H])C(C)(C)C)c5)cc(C([2H])([2H])C(C)(C)C)cc4-c4cccc(C([2H])([2H])C(C)(C)C)c4)c4cc(C(C)(C)C)cc2c43)c1)C(C)(C)C. The lowest BCUT2D eigenvalue weighted by Gasteiger charge is -2.46. The number of para-hydroxylation sites is 4. The molecule has 0 fully saturated rings. The van der Waals surface area contributed by atoms with Gasteiger partial charge < -0.3 is 18.9 Å². The van der Waals surface area contributed by atoms with Crippen LogP contribution in [0.3, 0.4) is 0 Å². The van der Waals surface area contributed by atoms with E-state index in [0.29, 0.717) is 89.3 Å². The third kappa shape index (κ3) is 15.7. The van der Waals surface area contributed by atoms with Crippen LogP contribution < -0.4 is 26.2 Å². The van der Waals surface area contributed by atoms with Crippen LogP contribution in [0.15, 0.2) is 267 Å². The normalized spacial score (nSPS) is 15.8. The lowest BCUT2D eigenvalue weighted by molar-refractivity contribution is 0.410. The number of fused-ring (bicyclic) bond motifs is 10. The van der Waals surface area contributed by atoms with E-state index in [2.05, 4.69) is 185 Å². The summed E-state index contributed by atoms with van der Waals surface area (Å²) in [4.78, 5) is 4.81. The smallest absolute Gasteiger partial charge is 0.252 e. The zero-order valence-electron chi connectivity index (χ0n) is 84.3. The molecule has 117 heavy (non-hydrogen) atoms. The van der Waals surface area contributed by atoms with Crippen LogP contribution in [0.5, 0.6) is 0 Å². The van der Waals surface area contributed by atoms with Gasteiger partial charge in [0.25, 0.3) is 6.71 Å². The van der Waals surface area contributed by atoms with Crippen LogP contribution in [0.4, 0.5) is 34.1 Å². The van der Waals surface area contributed by atoms with Crippen LogP contribution in [0.2, 0.25) is 0 Å². The molecule has 0 saturated carbocycles. The van der Waals surface area contributed by atoms with E-state index in [-0.39, 0.29) is 0 Å². The maximum atomic E-state index is 10.6. The van der Waals surface area contributed by atoms with E-state index in [1.54, 1.807) is 0 Å². The maximum absolute atomic E-state index is 10.6. The summed E-state index contributed by atoms with van der Waals surface area (Å²) in [6.07, 6.45) is -11.7. The van der Waals surface area contributed by atoms with Crippen molar-refractivity contribution in [2.45, 2.75) is 189 Å². The fourth-order valence-corrected chi connectivity index (χ4v) is 18.0. The molecule has 17 rings (SSSR count). The van der Waals surface area contributed by atoms with Gasteiger partial charge in [-0.1, -0.05) is 327 Å². The van der Waals surface area contributed by atoms with Gasteiger partial charge in [0.2, 0.25) is 0 Å². The highest BCUT2D eigenvalue weighted by molar-refractivity contribution is 7.00. The Balaban J connectivity index is 1.13. The number of hydrogen-bond donors (Lipinski definition) is 0. The predicted octanol–water partition coefficient (Wildman–Crippen LogP) is 29.5. The molecule has 0 spiro atoms. The van der Waals surface area contributed by atoms with Gasteiger partial charge in [-0.2, -0.15) is 0 Å². The Morgan fingerprint density at radius 3 is 0.786 bits per heavy atom. The Kier molecular flexibility index (Phi) is 16.2. The van der Waals surface area contributed by atoms with E-state index in [0.717, 1.165) is 99.7 Å². The number of anilines is 6. The van der Waals surface area contributed by atoms with Gasteiger partial charge in [-0.15, -0.1) is 0 Å².